The lowest BCUT2D eigenvalue weighted by molar-refractivity contribution is -0.141. The predicted molar refractivity (Wildman–Crippen MR) is 127 cm³/mol. The first-order chi connectivity index (χ1) is 15.6. The van der Waals surface area contributed by atoms with Gasteiger partial charge in [-0.1, -0.05) is 55.1 Å². The molecule has 2 heterocycles. The Labute approximate surface area is 193 Å². The molecule has 1 fully saturated rings. The zero-order valence-electron chi connectivity index (χ0n) is 18.1. The van der Waals surface area contributed by atoms with Crippen LogP contribution >= 0.6 is 11.8 Å². The summed E-state index contributed by atoms with van der Waals surface area (Å²) in [7, 11) is 0. The average Bonchev–Trinajstić information content (AvgIpc) is 3.69. The van der Waals surface area contributed by atoms with E-state index in [-0.39, 0.29) is 5.92 Å². The SMILES string of the molecule is C1CO1.CC(Cc1ccc(OCCN2c3ccccc3Sc3ccccc32)cc1)C(=O)O. The van der Waals surface area contributed by atoms with Crippen LogP contribution in [0.2, 0.25) is 0 Å². The number of nitrogens with zero attached hydrogens (tertiary/aromatic N) is 1. The van der Waals surface area contributed by atoms with Gasteiger partial charge in [0.05, 0.1) is 37.1 Å². The molecular weight excluding hydrogens is 422 g/mol. The van der Waals surface area contributed by atoms with E-state index in [1.807, 2.05) is 24.3 Å². The highest BCUT2D eigenvalue weighted by Crippen LogP contribution is 2.47. The molecule has 6 heteroatoms. The minimum absolute atomic E-state index is 0.390. The molecule has 1 N–H and O–H groups in total. The van der Waals surface area contributed by atoms with E-state index in [2.05, 4.69) is 58.2 Å². The van der Waals surface area contributed by atoms with Crippen LogP contribution in [0.1, 0.15) is 12.5 Å². The van der Waals surface area contributed by atoms with Crippen molar-refractivity contribution in [1.29, 1.82) is 0 Å². The number of carboxylic acid groups (broad SMARTS) is 1. The number of fused-ring (bicyclic) bond motifs is 2. The predicted octanol–water partition coefficient (Wildman–Crippen LogP) is 5.65. The summed E-state index contributed by atoms with van der Waals surface area (Å²) in [5, 5.41) is 9.05. The van der Waals surface area contributed by atoms with E-state index in [4.69, 9.17) is 9.84 Å². The fourth-order valence-electron chi connectivity index (χ4n) is 3.44. The molecule has 1 saturated heterocycles. The molecule has 0 spiro atoms. The number of epoxide rings is 1. The standard InChI is InChI=1S/C24H23NO3S.C2H4O/c1-17(24(26)27)16-18-10-12-19(13-11-18)28-15-14-25-20-6-2-4-8-22(20)29-23-9-5-3-7-21(23)25;1-2-3-1/h2-13,17H,14-16H2,1H3,(H,26,27);1-2H2. The zero-order chi connectivity index (χ0) is 22.3. The lowest BCUT2D eigenvalue weighted by Gasteiger charge is -2.32. The zero-order valence-corrected chi connectivity index (χ0v) is 18.9. The molecule has 1 atom stereocenters. The lowest BCUT2D eigenvalue weighted by Crippen LogP contribution is -2.26. The molecule has 0 saturated carbocycles. The first-order valence-corrected chi connectivity index (χ1v) is 11.6. The highest BCUT2D eigenvalue weighted by atomic mass is 32.2. The molecule has 0 radical (unpaired) electrons. The first-order valence-electron chi connectivity index (χ1n) is 10.8. The molecule has 5 nitrogen and oxygen atoms in total. The number of aliphatic carboxylic acids is 1. The van der Waals surface area contributed by atoms with Gasteiger partial charge in [0, 0.05) is 9.79 Å². The van der Waals surface area contributed by atoms with Gasteiger partial charge in [0.1, 0.15) is 12.4 Å². The largest absolute Gasteiger partial charge is 0.492 e. The van der Waals surface area contributed by atoms with Crippen LogP contribution in [0.15, 0.2) is 82.6 Å². The second-order valence-corrected chi connectivity index (χ2v) is 8.82. The van der Waals surface area contributed by atoms with E-state index in [1.54, 1.807) is 18.7 Å². The number of carbonyl (C=O) groups is 1. The summed E-state index contributed by atoms with van der Waals surface area (Å²) < 4.78 is 10.5. The monoisotopic (exact) mass is 449 g/mol. The van der Waals surface area contributed by atoms with Crippen molar-refractivity contribution in [3.8, 4) is 5.75 Å². The Kier molecular flexibility index (Phi) is 7.35. The second kappa shape index (κ2) is 10.6. The third kappa shape index (κ3) is 5.84. The third-order valence-electron chi connectivity index (χ3n) is 5.21. The molecule has 32 heavy (non-hydrogen) atoms. The van der Waals surface area contributed by atoms with Crippen molar-refractivity contribution in [2.45, 2.75) is 23.1 Å². The summed E-state index contributed by atoms with van der Waals surface area (Å²) in [6.45, 7) is 5.02. The summed E-state index contributed by atoms with van der Waals surface area (Å²) in [6.07, 6.45) is 0.522. The summed E-state index contributed by atoms with van der Waals surface area (Å²) in [5.41, 5.74) is 3.42. The van der Waals surface area contributed by atoms with Crippen LogP contribution in [0.3, 0.4) is 0 Å². The summed E-state index contributed by atoms with van der Waals surface area (Å²) in [6, 6.07) is 24.6. The number of rotatable bonds is 7. The van der Waals surface area contributed by atoms with Gasteiger partial charge < -0.3 is 19.5 Å². The Morgan fingerprint density at radius 1 is 1.00 bits per heavy atom. The number of carboxylic acids is 1. The maximum absolute atomic E-state index is 11.0. The highest BCUT2D eigenvalue weighted by molar-refractivity contribution is 7.99. The molecule has 3 aromatic rings. The van der Waals surface area contributed by atoms with Gasteiger partial charge in [-0.05, 0) is 48.4 Å². The van der Waals surface area contributed by atoms with E-state index in [0.717, 1.165) is 31.1 Å². The van der Waals surface area contributed by atoms with Gasteiger partial charge in [-0.2, -0.15) is 0 Å². The number of para-hydroxylation sites is 2. The van der Waals surface area contributed by atoms with Crippen LogP contribution in [0.5, 0.6) is 5.75 Å². The number of benzene rings is 3. The summed E-state index contributed by atoms with van der Waals surface area (Å²) >= 11 is 1.80. The molecule has 0 aliphatic carbocycles. The third-order valence-corrected chi connectivity index (χ3v) is 6.34. The number of ether oxygens (including phenoxy) is 2. The van der Waals surface area contributed by atoms with Crippen molar-refractivity contribution in [2.24, 2.45) is 5.92 Å². The van der Waals surface area contributed by atoms with E-state index in [1.165, 1.54) is 21.2 Å². The van der Waals surface area contributed by atoms with Gasteiger partial charge in [-0.15, -0.1) is 0 Å². The smallest absolute Gasteiger partial charge is 0.306 e. The van der Waals surface area contributed by atoms with Gasteiger partial charge >= 0.3 is 5.97 Å². The average molecular weight is 450 g/mol. The van der Waals surface area contributed by atoms with Crippen molar-refractivity contribution >= 4 is 29.1 Å². The van der Waals surface area contributed by atoms with Gasteiger partial charge in [0.2, 0.25) is 0 Å². The van der Waals surface area contributed by atoms with Gasteiger partial charge in [-0.3, -0.25) is 4.79 Å². The van der Waals surface area contributed by atoms with Crippen molar-refractivity contribution in [3.05, 3.63) is 78.4 Å². The Morgan fingerprint density at radius 2 is 1.56 bits per heavy atom. The highest BCUT2D eigenvalue weighted by Gasteiger charge is 2.22. The maximum atomic E-state index is 11.0. The second-order valence-electron chi connectivity index (χ2n) is 7.74. The first kappa shape index (κ1) is 22.2. The minimum Gasteiger partial charge on any atom is -0.492 e. The van der Waals surface area contributed by atoms with Gasteiger partial charge in [0.25, 0.3) is 0 Å². The number of hydrogen-bond acceptors (Lipinski definition) is 5. The topological polar surface area (TPSA) is 62.3 Å². The van der Waals surface area contributed by atoms with Crippen LogP contribution in [-0.2, 0) is 16.0 Å². The molecule has 3 aromatic carbocycles. The summed E-state index contributed by atoms with van der Waals surface area (Å²) in [5.74, 6) is -0.367. The molecule has 166 valence electrons. The molecular formula is C26H27NO4S. The molecule has 2 aliphatic heterocycles. The molecule has 0 aromatic heterocycles. The van der Waals surface area contributed by atoms with E-state index in [9.17, 15) is 4.79 Å². The van der Waals surface area contributed by atoms with Crippen molar-refractivity contribution in [3.63, 3.8) is 0 Å². The van der Waals surface area contributed by atoms with Crippen molar-refractivity contribution in [1.82, 2.24) is 0 Å². The Bertz CT molecular complexity index is 1000. The number of hydrogen-bond donors (Lipinski definition) is 1. The molecule has 0 bridgehead atoms. The Morgan fingerprint density at radius 3 is 2.09 bits per heavy atom. The molecule has 5 rings (SSSR count). The van der Waals surface area contributed by atoms with Crippen LogP contribution in [0.25, 0.3) is 0 Å². The van der Waals surface area contributed by atoms with Crippen LogP contribution in [0, 0.1) is 5.92 Å². The number of anilines is 2. The Hall–Kier alpha value is -2.96. The van der Waals surface area contributed by atoms with Gasteiger partial charge in [-0.25, -0.2) is 0 Å². The van der Waals surface area contributed by atoms with Gasteiger partial charge in [0.15, 0.2) is 0 Å². The Balaban J connectivity index is 0.000000754. The van der Waals surface area contributed by atoms with Crippen LogP contribution < -0.4 is 9.64 Å². The van der Waals surface area contributed by atoms with Crippen molar-refractivity contribution in [2.75, 3.05) is 31.3 Å². The van der Waals surface area contributed by atoms with Crippen LogP contribution in [-0.4, -0.2) is 37.4 Å². The van der Waals surface area contributed by atoms with Crippen LogP contribution in [0.4, 0.5) is 11.4 Å². The fraction of sp³-hybridized carbons (Fsp3) is 0.269. The van der Waals surface area contributed by atoms with E-state index < -0.39 is 5.97 Å². The normalized spacial score (nSPS) is 14.3. The van der Waals surface area contributed by atoms with E-state index in [0.29, 0.717) is 13.0 Å². The fourth-order valence-corrected chi connectivity index (χ4v) is 4.54. The minimum atomic E-state index is -0.773. The molecule has 2 aliphatic rings. The quantitative estimate of drug-likeness (QED) is 0.471. The summed E-state index contributed by atoms with van der Waals surface area (Å²) in [4.78, 5) is 15.8. The van der Waals surface area contributed by atoms with E-state index >= 15 is 0 Å². The molecule has 0 amide bonds. The molecule has 1 unspecified atom stereocenters. The lowest BCUT2D eigenvalue weighted by atomic mass is 10.0. The van der Waals surface area contributed by atoms with Crippen molar-refractivity contribution < 1.29 is 19.4 Å². The maximum Gasteiger partial charge on any atom is 0.306 e.